The number of guanidine groups is 1. The van der Waals surface area contributed by atoms with Crippen molar-refractivity contribution >= 4 is 23.9 Å². The Morgan fingerprint density at radius 3 is 1.38 bits per heavy atom. The van der Waals surface area contributed by atoms with E-state index in [0.29, 0.717) is 13.1 Å². The molecule has 1 unspecified atom stereocenters. The highest BCUT2D eigenvalue weighted by Gasteiger charge is 2.23. The van der Waals surface area contributed by atoms with Crippen LogP contribution in [0.5, 0.6) is 0 Å². The van der Waals surface area contributed by atoms with E-state index in [1.807, 2.05) is 4.90 Å². The van der Waals surface area contributed by atoms with E-state index in [-0.39, 0.29) is 19.0 Å². The molecule has 0 spiro atoms. The summed E-state index contributed by atoms with van der Waals surface area (Å²) < 4.78 is 5.25. The van der Waals surface area contributed by atoms with Gasteiger partial charge in [-0.1, -0.05) is 167 Å². The van der Waals surface area contributed by atoms with Crippen LogP contribution in [0.2, 0.25) is 0 Å². The van der Waals surface area contributed by atoms with E-state index in [2.05, 4.69) is 41.9 Å². The van der Waals surface area contributed by atoms with Crippen LogP contribution in [-0.2, 0) is 14.3 Å². The second kappa shape index (κ2) is 36.8. The summed E-state index contributed by atoms with van der Waals surface area (Å²) in [4.78, 5) is 40.5. The summed E-state index contributed by atoms with van der Waals surface area (Å²) in [5.74, 6) is -1.04. The molecule has 0 aliphatic carbocycles. The zero-order chi connectivity index (χ0) is 40.8. The maximum Gasteiger partial charge on any atom is 0.407 e. The summed E-state index contributed by atoms with van der Waals surface area (Å²) in [6, 6.07) is -1.02. The van der Waals surface area contributed by atoms with Crippen LogP contribution in [0.3, 0.4) is 0 Å². The molecule has 10 nitrogen and oxygen atoms in total. The van der Waals surface area contributed by atoms with E-state index < -0.39 is 29.6 Å². The summed E-state index contributed by atoms with van der Waals surface area (Å²) in [6.45, 7) is 10.9. The van der Waals surface area contributed by atoms with Gasteiger partial charge in [-0.05, 0) is 59.3 Å². The molecule has 1 atom stereocenters. The summed E-state index contributed by atoms with van der Waals surface area (Å²) in [6.07, 6.45) is 39.5. The first-order valence-corrected chi connectivity index (χ1v) is 22.8. The first-order chi connectivity index (χ1) is 26.5. The minimum atomic E-state index is -1.02. The van der Waals surface area contributed by atoms with Gasteiger partial charge in [-0.2, -0.15) is 0 Å². The molecular weight excluding hydrogens is 689 g/mol. The average Bonchev–Trinajstić information content (AvgIpc) is 3.13. The molecule has 0 aromatic heterocycles. The second-order valence-electron chi connectivity index (χ2n) is 16.6. The van der Waals surface area contributed by atoms with Crippen molar-refractivity contribution in [3.63, 3.8) is 0 Å². The predicted octanol–water partition coefficient (Wildman–Crippen LogP) is 10.8. The lowest BCUT2D eigenvalue weighted by Gasteiger charge is -2.25. The SMILES string of the molecule is CCCCCCCC/C=C\CCCCCCCCN(CCCCCCCCCCCCCCCC)C(=O)CNC(=O)C(CNC(=O)OC(C)(C)C)NC(=N)N. The maximum atomic E-state index is 13.4. The Balaban J connectivity index is 4.67. The topological polar surface area (TPSA) is 150 Å². The van der Waals surface area contributed by atoms with Crippen molar-refractivity contribution < 1.29 is 19.1 Å². The van der Waals surface area contributed by atoms with E-state index >= 15 is 0 Å². The number of carbonyl (C=O) groups is 3. The third kappa shape index (κ3) is 36.6. The molecule has 0 aliphatic heterocycles. The number of allylic oxidation sites excluding steroid dienone is 2. The van der Waals surface area contributed by atoms with Gasteiger partial charge in [0.15, 0.2) is 5.96 Å². The molecule has 0 bridgehead atoms. The zero-order valence-electron chi connectivity index (χ0n) is 36.5. The largest absolute Gasteiger partial charge is 0.444 e. The fourth-order valence-electron chi connectivity index (χ4n) is 6.70. The first kappa shape index (κ1) is 52.2. The highest BCUT2D eigenvalue weighted by atomic mass is 16.6. The summed E-state index contributed by atoms with van der Waals surface area (Å²) in [7, 11) is 0. The third-order valence-electron chi connectivity index (χ3n) is 9.98. The Kier molecular flexibility index (Phi) is 35.0. The number of unbranched alkanes of at least 4 members (excludes halogenated alkanes) is 25. The van der Waals surface area contributed by atoms with Gasteiger partial charge in [0.1, 0.15) is 11.6 Å². The number of nitrogens with two attached hydrogens (primary N) is 1. The number of hydrogen-bond acceptors (Lipinski definition) is 5. The molecule has 6 N–H and O–H groups in total. The lowest BCUT2D eigenvalue weighted by Crippen LogP contribution is -2.55. The number of hydrogen-bond donors (Lipinski definition) is 5. The van der Waals surface area contributed by atoms with Gasteiger partial charge in [0.05, 0.1) is 13.1 Å². The summed E-state index contributed by atoms with van der Waals surface area (Å²) >= 11 is 0. The monoisotopic (exact) mass is 777 g/mol. The minimum Gasteiger partial charge on any atom is -0.444 e. The van der Waals surface area contributed by atoms with Crippen LogP contribution in [0.1, 0.15) is 214 Å². The van der Waals surface area contributed by atoms with Crippen molar-refractivity contribution in [2.75, 3.05) is 26.2 Å². The second-order valence-corrected chi connectivity index (χ2v) is 16.6. The van der Waals surface area contributed by atoms with Gasteiger partial charge in [0, 0.05) is 13.1 Å². The molecule has 0 aromatic rings. The van der Waals surface area contributed by atoms with Gasteiger partial charge in [0.25, 0.3) is 0 Å². The van der Waals surface area contributed by atoms with Crippen molar-refractivity contribution in [1.82, 2.24) is 20.9 Å². The molecule has 0 saturated heterocycles. The normalized spacial score (nSPS) is 12.1. The smallest absolute Gasteiger partial charge is 0.407 e. The number of amides is 3. The van der Waals surface area contributed by atoms with Gasteiger partial charge in [-0.15, -0.1) is 0 Å². The van der Waals surface area contributed by atoms with Crippen LogP contribution >= 0.6 is 0 Å². The molecule has 55 heavy (non-hydrogen) atoms. The summed E-state index contributed by atoms with van der Waals surface area (Å²) in [5.41, 5.74) is 4.82. The average molecular weight is 777 g/mol. The Bertz CT molecular complexity index is 983. The molecule has 0 rings (SSSR count). The molecule has 322 valence electrons. The molecule has 0 saturated carbocycles. The van der Waals surface area contributed by atoms with Gasteiger partial charge in [-0.25, -0.2) is 4.79 Å². The van der Waals surface area contributed by atoms with Crippen molar-refractivity contribution in [2.45, 2.75) is 226 Å². The quantitative estimate of drug-likeness (QED) is 0.0183. The van der Waals surface area contributed by atoms with Gasteiger partial charge in [0.2, 0.25) is 11.8 Å². The fraction of sp³-hybridized carbons (Fsp3) is 0.867. The van der Waals surface area contributed by atoms with Crippen LogP contribution in [0.4, 0.5) is 4.79 Å². The molecule has 3 amide bonds. The fourth-order valence-corrected chi connectivity index (χ4v) is 6.70. The maximum absolute atomic E-state index is 13.4. The highest BCUT2D eigenvalue weighted by molar-refractivity contribution is 5.90. The standard InChI is InChI=1S/C45H88N6O4/c1-6-8-10-12-14-16-18-20-22-23-25-27-29-31-33-35-37-51(36-34-32-30-28-26-24-21-19-17-15-13-11-9-7-2)41(52)39-48-42(53)40(50-43(46)47)38-49-44(54)55-45(3,4)5/h20,22,40H,6-19,21,23-39H2,1-5H3,(H,48,53)(H,49,54)(H4,46,47,50)/b22-20-. The van der Waals surface area contributed by atoms with Crippen LogP contribution in [0.15, 0.2) is 12.2 Å². The van der Waals surface area contributed by atoms with Crippen molar-refractivity contribution in [1.29, 1.82) is 5.41 Å². The highest BCUT2D eigenvalue weighted by Crippen LogP contribution is 2.14. The summed E-state index contributed by atoms with van der Waals surface area (Å²) in [5, 5.41) is 15.4. The van der Waals surface area contributed by atoms with Crippen molar-refractivity contribution in [3.8, 4) is 0 Å². The molecule has 0 fully saturated rings. The number of ether oxygens (including phenoxy) is 1. The van der Waals surface area contributed by atoms with Gasteiger partial charge in [-0.3, -0.25) is 15.0 Å². The number of rotatable bonds is 37. The lowest BCUT2D eigenvalue weighted by molar-refractivity contribution is -0.133. The van der Waals surface area contributed by atoms with Crippen LogP contribution in [0, 0.1) is 5.41 Å². The Hall–Kier alpha value is -2.78. The first-order valence-electron chi connectivity index (χ1n) is 22.8. The van der Waals surface area contributed by atoms with E-state index in [4.69, 9.17) is 15.9 Å². The third-order valence-corrected chi connectivity index (χ3v) is 9.98. The van der Waals surface area contributed by atoms with E-state index in [1.54, 1.807) is 20.8 Å². The number of nitrogens with zero attached hydrogens (tertiary/aromatic N) is 1. The Morgan fingerprint density at radius 2 is 1.00 bits per heavy atom. The van der Waals surface area contributed by atoms with Crippen LogP contribution < -0.4 is 21.7 Å². The number of nitrogens with one attached hydrogen (secondary N) is 4. The number of carbonyl (C=O) groups excluding carboxylic acids is 3. The Morgan fingerprint density at radius 1 is 0.618 bits per heavy atom. The van der Waals surface area contributed by atoms with Crippen molar-refractivity contribution in [3.05, 3.63) is 12.2 Å². The lowest BCUT2D eigenvalue weighted by atomic mass is 10.0. The molecule has 0 radical (unpaired) electrons. The van der Waals surface area contributed by atoms with Crippen molar-refractivity contribution in [2.24, 2.45) is 5.73 Å². The van der Waals surface area contributed by atoms with Gasteiger partial charge >= 0.3 is 6.09 Å². The predicted molar refractivity (Wildman–Crippen MR) is 232 cm³/mol. The molecule has 0 heterocycles. The molecular formula is C45H88N6O4. The van der Waals surface area contributed by atoms with E-state index in [1.165, 1.54) is 154 Å². The van der Waals surface area contributed by atoms with E-state index in [9.17, 15) is 14.4 Å². The van der Waals surface area contributed by atoms with E-state index in [0.717, 1.165) is 25.7 Å². The number of alkyl carbamates (subject to hydrolysis) is 1. The zero-order valence-corrected chi connectivity index (χ0v) is 36.5. The molecule has 0 aliphatic rings. The molecule has 10 heteroatoms. The Labute approximate surface area is 338 Å². The minimum absolute atomic E-state index is 0.113. The molecule has 0 aromatic carbocycles. The van der Waals surface area contributed by atoms with Crippen LogP contribution in [0.25, 0.3) is 0 Å². The van der Waals surface area contributed by atoms with Crippen LogP contribution in [-0.4, -0.2) is 66.6 Å². The van der Waals surface area contributed by atoms with Gasteiger partial charge < -0.3 is 31.3 Å².